The first-order chi connectivity index (χ1) is 8.39. The first kappa shape index (κ1) is 13.5. The standard InChI is InChI=1S/C15H23FN2/c1-11-5-6-13(9-14(11)16)12(2)18-8-7-17-15(3,4)10-18/h5-6,9,12,17H,7-8,10H2,1-4H3. The SMILES string of the molecule is Cc1ccc(C(C)N2CCNC(C)(C)C2)cc1F. The molecule has 1 aromatic rings. The molecule has 0 amide bonds. The quantitative estimate of drug-likeness (QED) is 0.868. The maximum absolute atomic E-state index is 13.6. The summed E-state index contributed by atoms with van der Waals surface area (Å²) in [6, 6.07) is 5.85. The number of hydrogen-bond acceptors (Lipinski definition) is 2. The van der Waals surface area contributed by atoms with Gasteiger partial charge in [-0.2, -0.15) is 0 Å². The Labute approximate surface area is 109 Å². The van der Waals surface area contributed by atoms with Gasteiger partial charge in [-0.1, -0.05) is 12.1 Å². The van der Waals surface area contributed by atoms with E-state index < -0.39 is 0 Å². The lowest BCUT2D eigenvalue weighted by atomic mass is 9.98. The molecule has 2 nitrogen and oxygen atoms in total. The van der Waals surface area contributed by atoms with Gasteiger partial charge in [0, 0.05) is 31.2 Å². The summed E-state index contributed by atoms with van der Waals surface area (Å²) in [6.07, 6.45) is 0. The summed E-state index contributed by atoms with van der Waals surface area (Å²) in [5.41, 5.74) is 1.91. The van der Waals surface area contributed by atoms with E-state index in [0.717, 1.165) is 25.2 Å². The van der Waals surface area contributed by atoms with Crippen molar-refractivity contribution in [3.8, 4) is 0 Å². The van der Waals surface area contributed by atoms with Gasteiger partial charge >= 0.3 is 0 Å². The number of aryl methyl sites for hydroxylation is 1. The van der Waals surface area contributed by atoms with Gasteiger partial charge in [-0.3, -0.25) is 4.90 Å². The predicted octanol–water partition coefficient (Wildman–Crippen LogP) is 2.88. The molecule has 0 saturated carbocycles. The molecule has 1 aliphatic rings. The molecule has 1 heterocycles. The van der Waals surface area contributed by atoms with E-state index in [9.17, 15) is 4.39 Å². The van der Waals surface area contributed by atoms with E-state index in [2.05, 4.69) is 31.0 Å². The topological polar surface area (TPSA) is 15.3 Å². The van der Waals surface area contributed by atoms with Crippen LogP contribution >= 0.6 is 0 Å². The van der Waals surface area contributed by atoms with Crippen molar-refractivity contribution in [3.63, 3.8) is 0 Å². The first-order valence-corrected chi connectivity index (χ1v) is 6.64. The van der Waals surface area contributed by atoms with Crippen molar-refractivity contribution >= 4 is 0 Å². The lowest BCUT2D eigenvalue weighted by Gasteiger charge is -2.42. The Morgan fingerprint density at radius 2 is 2.11 bits per heavy atom. The molecule has 0 aromatic heterocycles. The van der Waals surface area contributed by atoms with Crippen LogP contribution in [0.2, 0.25) is 0 Å². The van der Waals surface area contributed by atoms with Crippen LogP contribution in [0.5, 0.6) is 0 Å². The number of nitrogens with zero attached hydrogens (tertiary/aromatic N) is 1. The number of nitrogens with one attached hydrogen (secondary N) is 1. The summed E-state index contributed by atoms with van der Waals surface area (Å²) < 4.78 is 13.6. The maximum atomic E-state index is 13.6. The van der Waals surface area contributed by atoms with Crippen LogP contribution in [0.3, 0.4) is 0 Å². The number of benzene rings is 1. The fourth-order valence-electron chi connectivity index (χ4n) is 2.59. The zero-order valence-corrected chi connectivity index (χ0v) is 11.8. The van der Waals surface area contributed by atoms with E-state index in [0.29, 0.717) is 5.56 Å². The van der Waals surface area contributed by atoms with Crippen molar-refractivity contribution in [2.45, 2.75) is 39.3 Å². The van der Waals surface area contributed by atoms with Crippen LogP contribution in [0, 0.1) is 12.7 Å². The molecule has 0 aliphatic carbocycles. The fourth-order valence-corrected chi connectivity index (χ4v) is 2.59. The van der Waals surface area contributed by atoms with Crippen molar-refractivity contribution in [1.82, 2.24) is 10.2 Å². The molecular weight excluding hydrogens is 227 g/mol. The van der Waals surface area contributed by atoms with E-state index in [1.165, 1.54) is 0 Å². The molecular formula is C15H23FN2. The molecule has 1 atom stereocenters. The van der Waals surface area contributed by atoms with Crippen LogP contribution in [-0.4, -0.2) is 30.1 Å². The first-order valence-electron chi connectivity index (χ1n) is 6.64. The van der Waals surface area contributed by atoms with Crippen LogP contribution in [0.1, 0.15) is 37.9 Å². The molecule has 0 radical (unpaired) electrons. The van der Waals surface area contributed by atoms with Gasteiger partial charge in [0.2, 0.25) is 0 Å². The third-order valence-electron chi connectivity index (χ3n) is 3.83. The molecule has 1 N–H and O–H groups in total. The third-order valence-corrected chi connectivity index (χ3v) is 3.83. The zero-order valence-electron chi connectivity index (χ0n) is 11.8. The van der Waals surface area contributed by atoms with Crippen molar-refractivity contribution in [2.75, 3.05) is 19.6 Å². The molecule has 0 bridgehead atoms. The molecule has 1 aliphatic heterocycles. The highest BCUT2D eigenvalue weighted by Crippen LogP contribution is 2.25. The number of piperazine rings is 1. The molecule has 1 unspecified atom stereocenters. The number of halogens is 1. The summed E-state index contributed by atoms with van der Waals surface area (Å²) in [6.45, 7) is 11.4. The number of rotatable bonds is 2. The van der Waals surface area contributed by atoms with Crippen LogP contribution in [0.25, 0.3) is 0 Å². The van der Waals surface area contributed by atoms with Crippen LogP contribution < -0.4 is 5.32 Å². The van der Waals surface area contributed by atoms with Gasteiger partial charge in [0.1, 0.15) is 5.82 Å². The van der Waals surface area contributed by atoms with E-state index in [1.54, 1.807) is 13.0 Å². The molecule has 1 fully saturated rings. The maximum Gasteiger partial charge on any atom is 0.126 e. The molecule has 2 rings (SSSR count). The number of hydrogen-bond donors (Lipinski definition) is 1. The average Bonchev–Trinajstić information content (AvgIpc) is 2.30. The Morgan fingerprint density at radius 1 is 1.39 bits per heavy atom. The minimum atomic E-state index is -0.103. The highest BCUT2D eigenvalue weighted by molar-refractivity contribution is 5.25. The summed E-state index contributed by atoms with van der Waals surface area (Å²) in [5, 5.41) is 3.50. The smallest absolute Gasteiger partial charge is 0.126 e. The predicted molar refractivity (Wildman–Crippen MR) is 73.2 cm³/mol. The Balaban J connectivity index is 2.15. The fraction of sp³-hybridized carbons (Fsp3) is 0.600. The summed E-state index contributed by atoms with van der Waals surface area (Å²) in [4.78, 5) is 2.42. The zero-order chi connectivity index (χ0) is 13.3. The second kappa shape index (κ2) is 4.98. The van der Waals surface area contributed by atoms with E-state index in [4.69, 9.17) is 0 Å². The van der Waals surface area contributed by atoms with Gasteiger partial charge in [-0.25, -0.2) is 4.39 Å². The van der Waals surface area contributed by atoms with Crippen molar-refractivity contribution < 1.29 is 4.39 Å². The Bertz CT molecular complexity index is 429. The second-order valence-corrected chi connectivity index (χ2v) is 5.97. The average molecular weight is 250 g/mol. The monoisotopic (exact) mass is 250 g/mol. The normalized spacial score (nSPS) is 21.8. The molecule has 3 heteroatoms. The molecule has 0 spiro atoms. The van der Waals surface area contributed by atoms with Crippen LogP contribution in [0.4, 0.5) is 4.39 Å². The van der Waals surface area contributed by atoms with Crippen LogP contribution in [-0.2, 0) is 0 Å². The van der Waals surface area contributed by atoms with Gasteiger partial charge in [0.25, 0.3) is 0 Å². The Hall–Kier alpha value is -0.930. The molecule has 1 saturated heterocycles. The van der Waals surface area contributed by atoms with Gasteiger partial charge in [-0.05, 0) is 44.9 Å². The van der Waals surface area contributed by atoms with Gasteiger partial charge in [0.15, 0.2) is 0 Å². The Morgan fingerprint density at radius 3 is 2.72 bits per heavy atom. The molecule has 1 aromatic carbocycles. The van der Waals surface area contributed by atoms with E-state index in [1.807, 2.05) is 12.1 Å². The third kappa shape index (κ3) is 2.90. The minimum Gasteiger partial charge on any atom is -0.309 e. The molecule has 100 valence electrons. The minimum absolute atomic E-state index is 0.103. The van der Waals surface area contributed by atoms with Crippen molar-refractivity contribution in [2.24, 2.45) is 0 Å². The summed E-state index contributed by atoms with van der Waals surface area (Å²) in [7, 11) is 0. The van der Waals surface area contributed by atoms with Crippen LogP contribution in [0.15, 0.2) is 18.2 Å². The largest absolute Gasteiger partial charge is 0.309 e. The van der Waals surface area contributed by atoms with E-state index in [-0.39, 0.29) is 17.4 Å². The summed E-state index contributed by atoms with van der Waals surface area (Å²) in [5.74, 6) is -0.103. The van der Waals surface area contributed by atoms with Gasteiger partial charge in [-0.15, -0.1) is 0 Å². The highest BCUT2D eigenvalue weighted by atomic mass is 19.1. The lowest BCUT2D eigenvalue weighted by molar-refractivity contribution is 0.116. The lowest BCUT2D eigenvalue weighted by Crippen LogP contribution is -2.57. The highest BCUT2D eigenvalue weighted by Gasteiger charge is 2.28. The summed E-state index contributed by atoms with van der Waals surface area (Å²) >= 11 is 0. The van der Waals surface area contributed by atoms with E-state index >= 15 is 0 Å². The Kier molecular flexibility index (Phi) is 3.74. The second-order valence-electron chi connectivity index (χ2n) is 5.97. The van der Waals surface area contributed by atoms with Crippen molar-refractivity contribution in [3.05, 3.63) is 35.1 Å². The van der Waals surface area contributed by atoms with Gasteiger partial charge in [0.05, 0.1) is 0 Å². The molecule has 18 heavy (non-hydrogen) atoms. The van der Waals surface area contributed by atoms with Crippen molar-refractivity contribution in [1.29, 1.82) is 0 Å². The van der Waals surface area contributed by atoms with Gasteiger partial charge < -0.3 is 5.32 Å².